The second kappa shape index (κ2) is 8.48. The van der Waals surface area contributed by atoms with Crippen molar-refractivity contribution in [2.45, 2.75) is 0 Å². The zero-order chi connectivity index (χ0) is 26.9. The van der Waals surface area contributed by atoms with Gasteiger partial charge in [0, 0.05) is 33.2 Å². The first-order valence-electron chi connectivity index (χ1n) is 14.0. The number of fused-ring (bicyclic) bond motifs is 9. The highest BCUT2D eigenvalue weighted by Crippen LogP contribution is 2.44. The molecule has 192 valence electrons. The maximum absolute atomic E-state index is 2.44. The van der Waals surface area contributed by atoms with Crippen LogP contribution in [0.15, 0.2) is 152 Å². The molecule has 0 fully saturated rings. The van der Waals surface area contributed by atoms with Crippen molar-refractivity contribution in [3.8, 4) is 11.1 Å². The second-order valence-corrected chi connectivity index (χ2v) is 10.7. The van der Waals surface area contributed by atoms with Gasteiger partial charge in [0.15, 0.2) is 0 Å². The van der Waals surface area contributed by atoms with Crippen molar-refractivity contribution in [1.29, 1.82) is 0 Å². The molecule has 9 rings (SSSR count). The van der Waals surface area contributed by atoms with E-state index in [1.54, 1.807) is 0 Å². The van der Waals surface area contributed by atoms with Crippen LogP contribution in [0.2, 0.25) is 0 Å². The molecule has 3 nitrogen and oxygen atoms in total. The molecule has 0 aliphatic heterocycles. The molecule has 3 heterocycles. The Hall–Kier alpha value is -5.54. The Kier molecular flexibility index (Phi) is 4.61. The van der Waals surface area contributed by atoms with Gasteiger partial charge in [-0.1, -0.05) is 91.0 Å². The zero-order valence-electron chi connectivity index (χ0n) is 22.3. The van der Waals surface area contributed by atoms with Crippen LogP contribution in [0.3, 0.4) is 0 Å². The van der Waals surface area contributed by atoms with Crippen LogP contribution in [-0.4, -0.2) is 8.80 Å². The second-order valence-electron chi connectivity index (χ2n) is 10.7. The molecular formula is C38H25N3. The molecule has 0 saturated heterocycles. The van der Waals surface area contributed by atoms with E-state index >= 15 is 0 Å². The Bertz CT molecular complexity index is 2340. The lowest BCUT2D eigenvalue weighted by atomic mass is 10.0. The fourth-order valence-corrected chi connectivity index (χ4v) is 6.66. The van der Waals surface area contributed by atoms with Crippen LogP contribution < -0.4 is 4.90 Å². The molecule has 0 radical (unpaired) electrons. The van der Waals surface area contributed by atoms with Gasteiger partial charge in [-0.15, -0.1) is 0 Å². The lowest BCUT2D eigenvalue weighted by Crippen LogP contribution is -2.09. The summed E-state index contributed by atoms with van der Waals surface area (Å²) in [6, 6.07) is 54.5. The number of nitrogens with zero attached hydrogens (tertiary/aromatic N) is 3. The highest BCUT2D eigenvalue weighted by atomic mass is 15.1. The average Bonchev–Trinajstić information content (AvgIpc) is 3.67. The molecule has 0 N–H and O–H groups in total. The van der Waals surface area contributed by atoms with Crippen LogP contribution in [0.25, 0.3) is 55.0 Å². The van der Waals surface area contributed by atoms with Gasteiger partial charge in [0.1, 0.15) is 5.65 Å². The van der Waals surface area contributed by atoms with Gasteiger partial charge in [0.25, 0.3) is 0 Å². The van der Waals surface area contributed by atoms with Crippen molar-refractivity contribution in [2.24, 2.45) is 0 Å². The lowest BCUT2D eigenvalue weighted by Gasteiger charge is -2.26. The highest BCUT2D eigenvalue weighted by molar-refractivity contribution is 6.24. The maximum atomic E-state index is 2.44. The topological polar surface area (TPSA) is 12.1 Å². The molecule has 6 aromatic carbocycles. The van der Waals surface area contributed by atoms with E-state index in [4.69, 9.17) is 0 Å². The Labute approximate surface area is 237 Å². The van der Waals surface area contributed by atoms with Crippen molar-refractivity contribution in [2.75, 3.05) is 4.90 Å². The van der Waals surface area contributed by atoms with Gasteiger partial charge >= 0.3 is 0 Å². The van der Waals surface area contributed by atoms with Crippen LogP contribution in [0.1, 0.15) is 0 Å². The van der Waals surface area contributed by atoms with Crippen molar-refractivity contribution in [3.63, 3.8) is 0 Å². The SMILES string of the molecule is c1ccc(-c2ccc(N(c3ccccc3)c3ccc4c(c3)c3c5ccccc5n5c6ccccc6n4c35)cc2)cc1. The molecular weight excluding hydrogens is 498 g/mol. The molecule has 3 heteroatoms. The van der Waals surface area contributed by atoms with Gasteiger partial charge in [-0.05, 0) is 71.8 Å². The van der Waals surface area contributed by atoms with Crippen molar-refractivity contribution in [1.82, 2.24) is 8.80 Å². The van der Waals surface area contributed by atoms with E-state index in [-0.39, 0.29) is 0 Å². The molecule has 0 bridgehead atoms. The molecule has 0 saturated carbocycles. The molecule has 41 heavy (non-hydrogen) atoms. The minimum absolute atomic E-state index is 1.13. The third-order valence-electron chi connectivity index (χ3n) is 8.42. The predicted molar refractivity (Wildman–Crippen MR) is 172 cm³/mol. The standard InChI is InChI=1S/C38H25N3/c1-3-11-26(12-4-1)27-19-21-29(22-20-27)39(28-13-5-2-6-14-28)30-23-24-34-32(25-30)37-31-15-7-8-16-33(31)40-35-17-9-10-18-36(35)41(34)38(37)40/h1-25H. The first-order valence-corrected chi connectivity index (χ1v) is 14.0. The van der Waals surface area contributed by atoms with E-state index in [2.05, 4.69) is 165 Å². The molecule has 0 unspecified atom stereocenters. The zero-order valence-corrected chi connectivity index (χ0v) is 22.3. The normalized spacial score (nSPS) is 11.9. The van der Waals surface area contributed by atoms with Crippen molar-refractivity contribution >= 4 is 60.9 Å². The molecule has 0 amide bonds. The molecule has 9 aromatic rings. The summed E-state index contributed by atoms with van der Waals surface area (Å²) in [4.78, 5) is 2.36. The molecule has 0 aliphatic rings. The summed E-state index contributed by atoms with van der Waals surface area (Å²) in [5.41, 5.74) is 12.0. The Morgan fingerprint density at radius 1 is 0.366 bits per heavy atom. The summed E-state index contributed by atoms with van der Waals surface area (Å²) >= 11 is 0. The van der Waals surface area contributed by atoms with E-state index in [9.17, 15) is 0 Å². The number of anilines is 3. The molecule has 3 aromatic heterocycles. The van der Waals surface area contributed by atoms with Crippen molar-refractivity contribution in [3.05, 3.63) is 152 Å². The van der Waals surface area contributed by atoms with Crippen LogP contribution in [-0.2, 0) is 0 Å². The van der Waals surface area contributed by atoms with Gasteiger partial charge in [-0.3, -0.25) is 8.80 Å². The number of hydrogen-bond acceptors (Lipinski definition) is 1. The minimum Gasteiger partial charge on any atom is -0.310 e. The van der Waals surface area contributed by atoms with Gasteiger partial charge < -0.3 is 4.90 Å². The third kappa shape index (κ3) is 3.14. The molecule has 0 atom stereocenters. The van der Waals surface area contributed by atoms with E-state index < -0.39 is 0 Å². The van der Waals surface area contributed by atoms with Gasteiger partial charge in [-0.2, -0.15) is 0 Å². The number of aromatic nitrogens is 2. The number of imidazole rings is 1. The molecule has 0 spiro atoms. The summed E-state index contributed by atoms with van der Waals surface area (Å²) < 4.78 is 4.86. The molecule has 0 aliphatic carbocycles. The summed E-state index contributed by atoms with van der Waals surface area (Å²) in [5.74, 6) is 0. The number of para-hydroxylation sites is 4. The fraction of sp³-hybridized carbons (Fsp3) is 0. The highest BCUT2D eigenvalue weighted by Gasteiger charge is 2.23. The Morgan fingerprint density at radius 2 is 0.878 bits per heavy atom. The van der Waals surface area contributed by atoms with Gasteiger partial charge in [-0.25, -0.2) is 0 Å². The van der Waals surface area contributed by atoms with Crippen LogP contribution in [0.5, 0.6) is 0 Å². The van der Waals surface area contributed by atoms with E-state index in [0.717, 1.165) is 17.1 Å². The summed E-state index contributed by atoms with van der Waals surface area (Å²) in [6.45, 7) is 0. The van der Waals surface area contributed by atoms with Gasteiger partial charge in [0.05, 0.1) is 22.1 Å². The van der Waals surface area contributed by atoms with E-state index in [0.29, 0.717) is 0 Å². The lowest BCUT2D eigenvalue weighted by molar-refractivity contribution is 1.27. The first kappa shape index (κ1) is 22.3. The minimum atomic E-state index is 1.13. The summed E-state index contributed by atoms with van der Waals surface area (Å²) in [5, 5.41) is 3.86. The van der Waals surface area contributed by atoms with Crippen molar-refractivity contribution < 1.29 is 0 Å². The maximum Gasteiger partial charge on any atom is 0.131 e. The number of benzene rings is 6. The average molecular weight is 524 g/mol. The van der Waals surface area contributed by atoms with Crippen LogP contribution in [0.4, 0.5) is 17.1 Å². The largest absolute Gasteiger partial charge is 0.310 e. The smallest absolute Gasteiger partial charge is 0.131 e. The first-order chi connectivity index (χ1) is 20.4. The predicted octanol–water partition coefficient (Wildman–Crippen LogP) is 10.2. The van der Waals surface area contributed by atoms with Gasteiger partial charge in [0.2, 0.25) is 0 Å². The summed E-state index contributed by atoms with van der Waals surface area (Å²) in [6.07, 6.45) is 0. The van der Waals surface area contributed by atoms with Crippen LogP contribution >= 0.6 is 0 Å². The van der Waals surface area contributed by atoms with E-state index in [1.807, 2.05) is 0 Å². The number of hydrogen-bond donors (Lipinski definition) is 0. The quantitative estimate of drug-likeness (QED) is 0.223. The summed E-state index contributed by atoms with van der Waals surface area (Å²) in [7, 11) is 0. The third-order valence-corrected chi connectivity index (χ3v) is 8.42. The van der Waals surface area contributed by atoms with Crippen LogP contribution in [0, 0.1) is 0 Å². The van der Waals surface area contributed by atoms with E-state index in [1.165, 1.54) is 55.0 Å². The monoisotopic (exact) mass is 523 g/mol. The Morgan fingerprint density at radius 3 is 1.59 bits per heavy atom. The number of rotatable bonds is 4. The Balaban J connectivity index is 1.30. The fourth-order valence-electron chi connectivity index (χ4n) is 6.66.